The molecule has 0 aliphatic rings. The van der Waals surface area contributed by atoms with Crippen LogP contribution in [0.4, 0.5) is 18.9 Å². The molecule has 1 heterocycles. The maximum Gasteiger partial charge on any atom is 0.418 e. The van der Waals surface area contributed by atoms with Crippen LogP contribution in [0.25, 0.3) is 0 Å². The van der Waals surface area contributed by atoms with Gasteiger partial charge in [0, 0.05) is 17.3 Å². The molecule has 1 N–H and O–H groups in total. The van der Waals surface area contributed by atoms with Gasteiger partial charge in [0.25, 0.3) is 0 Å². The maximum atomic E-state index is 13.0. The molecule has 0 bridgehead atoms. The summed E-state index contributed by atoms with van der Waals surface area (Å²) in [5, 5.41) is 5.36. The molecule has 20 heavy (non-hydrogen) atoms. The van der Waals surface area contributed by atoms with Crippen LogP contribution >= 0.6 is 11.3 Å². The highest BCUT2D eigenvalue weighted by Gasteiger charge is 2.34. The van der Waals surface area contributed by atoms with Crippen LogP contribution < -0.4 is 10.1 Å². The second-order valence-electron chi connectivity index (χ2n) is 4.15. The molecule has 1 aromatic carbocycles. The lowest BCUT2D eigenvalue weighted by Gasteiger charge is -2.18. The Morgan fingerprint density at radius 2 is 2.10 bits per heavy atom. The third kappa shape index (κ3) is 3.22. The summed E-state index contributed by atoms with van der Waals surface area (Å²) in [6, 6.07) is 3.54. The minimum absolute atomic E-state index is 0.0148. The Kier molecular flexibility index (Phi) is 4.17. The van der Waals surface area contributed by atoms with Crippen molar-refractivity contribution in [3.05, 3.63) is 40.3 Å². The van der Waals surface area contributed by atoms with E-state index < -0.39 is 11.7 Å². The zero-order chi connectivity index (χ0) is 14.8. The Balaban J connectivity index is 2.31. The number of hydrogen-bond acceptors (Lipinski definition) is 4. The van der Waals surface area contributed by atoms with Gasteiger partial charge in [-0.15, -0.1) is 11.3 Å². The smallest absolute Gasteiger partial charge is 0.418 e. The Morgan fingerprint density at radius 1 is 1.35 bits per heavy atom. The van der Waals surface area contributed by atoms with Crippen molar-refractivity contribution in [2.24, 2.45) is 0 Å². The van der Waals surface area contributed by atoms with Crippen LogP contribution in [-0.4, -0.2) is 12.1 Å². The van der Waals surface area contributed by atoms with Gasteiger partial charge in [0.2, 0.25) is 0 Å². The lowest BCUT2D eigenvalue weighted by molar-refractivity contribution is -0.137. The Labute approximate surface area is 118 Å². The van der Waals surface area contributed by atoms with Gasteiger partial charge in [-0.25, -0.2) is 4.98 Å². The molecule has 0 amide bonds. The monoisotopic (exact) mass is 302 g/mol. The number of anilines is 1. The first-order valence-corrected chi connectivity index (χ1v) is 6.71. The fourth-order valence-corrected chi connectivity index (χ4v) is 2.40. The van der Waals surface area contributed by atoms with Gasteiger partial charge in [-0.05, 0) is 25.1 Å². The number of thiazole rings is 1. The van der Waals surface area contributed by atoms with Gasteiger partial charge in [-0.3, -0.25) is 0 Å². The molecule has 0 aliphatic carbocycles. The molecule has 0 saturated carbocycles. The van der Waals surface area contributed by atoms with Crippen molar-refractivity contribution >= 4 is 17.0 Å². The van der Waals surface area contributed by atoms with E-state index in [9.17, 15) is 13.2 Å². The Hall–Kier alpha value is -1.76. The lowest BCUT2D eigenvalue weighted by Crippen LogP contribution is -2.13. The number of hydrogen-bond donors (Lipinski definition) is 1. The average Bonchev–Trinajstić information content (AvgIpc) is 2.91. The summed E-state index contributed by atoms with van der Waals surface area (Å²) in [5.74, 6) is 0.171. The summed E-state index contributed by atoms with van der Waals surface area (Å²) < 4.78 is 44.0. The third-order valence-corrected chi connectivity index (χ3v) is 3.68. The number of benzene rings is 1. The van der Waals surface area contributed by atoms with E-state index >= 15 is 0 Å². The van der Waals surface area contributed by atoms with Crippen LogP contribution in [0.1, 0.15) is 23.5 Å². The van der Waals surface area contributed by atoms with Gasteiger partial charge in [-0.1, -0.05) is 0 Å². The number of nitrogens with zero attached hydrogens (tertiary/aromatic N) is 1. The highest BCUT2D eigenvalue weighted by molar-refractivity contribution is 7.09. The molecule has 0 radical (unpaired) electrons. The van der Waals surface area contributed by atoms with E-state index in [0.717, 1.165) is 11.1 Å². The minimum Gasteiger partial charge on any atom is -0.497 e. The maximum absolute atomic E-state index is 13.0. The van der Waals surface area contributed by atoms with Crippen LogP contribution in [0.5, 0.6) is 5.75 Å². The third-order valence-electron chi connectivity index (χ3n) is 2.73. The molecule has 0 aliphatic heterocycles. The second kappa shape index (κ2) is 5.70. The first-order valence-electron chi connectivity index (χ1n) is 5.83. The van der Waals surface area contributed by atoms with Crippen molar-refractivity contribution in [1.82, 2.24) is 4.98 Å². The molecule has 3 nitrogen and oxygen atoms in total. The van der Waals surface area contributed by atoms with E-state index in [4.69, 9.17) is 4.74 Å². The molecule has 2 rings (SSSR count). The van der Waals surface area contributed by atoms with Crippen molar-refractivity contribution in [3.8, 4) is 5.75 Å². The summed E-state index contributed by atoms with van der Waals surface area (Å²) in [6.45, 7) is 1.77. The zero-order valence-electron chi connectivity index (χ0n) is 10.9. The van der Waals surface area contributed by atoms with Gasteiger partial charge in [0.1, 0.15) is 10.8 Å². The van der Waals surface area contributed by atoms with Crippen molar-refractivity contribution < 1.29 is 17.9 Å². The van der Waals surface area contributed by atoms with E-state index in [0.29, 0.717) is 0 Å². The molecule has 1 unspecified atom stereocenters. The molecule has 0 spiro atoms. The van der Waals surface area contributed by atoms with Crippen LogP contribution in [0.15, 0.2) is 29.8 Å². The van der Waals surface area contributed by atoms with Crippen molar-refractivity contribution in [1.29, 1.82) is 0 Å². The van der Waals surface area contributed by atoms with Gasteiger partial charge in [0.05, 0.1) is 18.7 Å². The van der Waals surface area contributed by atoms with Crippen LogP contribution in [0.3, 0.4) is 0 Å². The number of ether oxygens (including phenoxy) is 1. The quantitative estimate of drug-likeness (QED) is 0.912. The summed E-state index contributed by atoms with van der Waals surface area (Å²) in [6.07, 6.45) is -2.82. The molecular formula is C13H13F3N2OS. The van der Waals surface area contributed by atoms with Gasteiger partial charge in [-0.2, -0.15) is 13.2 Å². The fourth-order valence-electron chi connectivity index (χ4n) is 1.75. The van der Waals surface area contributed by atoms with Gasteiger partial charge < -0.3 is 10.1 Å². The van der Waals surface area contributed by atoms with Crippen molar-refractivity contribution in [3.63, 3.8) is 0 Å². The first-order chi connectivity index (χ1) is 9.41. The number of halogens is 3. The van der Waals surface area contributed by atoms with E-state index in [2.05, 4.69) is 10.3 Å². The van der Waals surface area contributed by atoms with E-state index in [-0.39, 0.29) is 17.5 Å². The number of methoxy groups -OCH3 is 1. The summed E-state index contributed by atoms with van der Waals surface area (Å²) in [5.41, 5.74) is -0.735. The van der Waals surface area contributed by atoms with Crippen LogP contribution in [-0.2, 0) is 6.18 Å². The SMILES string of the molecule is COc1ccc(NC(C)c2nccs2)c(C(F)(F)F)c1. The zero-order valence-corrected chi connectivity index (χ0v) is 11.7. The van der Waals surface area contributed by atoms with E-state index in [1.165, 1.54) is 30.6 Å². The molecule has 1 aromatic heterocycles. The van der Waals surface area contributed by atoms with E-state index in [1.807, 2.05) is 0 Å². The number of rotatable bonds is 4. The highest BCUT2D eigenvalue weighted by atomic mass is 32.1. The molecule has 0 saturated heterocycles. The standard InChI is InChI=1S/C13H13F3N2OS/c1-8(12-17-5-6-20-12)18-11-4-3-9(19-2)7-10(11)13(14,15)16/h3-8,18H,1-2H3. The van der Waals surface area contributed by atoms with E-state index in [1.54, 1.807) is 18.5 Å². The topological polar surface area (TPSA) is 34.1 Å². The highest BCUT2D eigenvalue weighted by Crippen LogP contribution is 2.38. The summed E-state index contributed by atoms with van der Waals surface area (Å²) in [7, 11) is 1.33. The Bertz CT molecular complexity index is 569. The van der Waals surface area contributed by atoms with Crippen molar-refractivity contribution in [2.75, 3.05) is 12.4 Å². The minimum atomic E-state index is -4.44. The number of aromatic nitrogens is 1. The molecular weight excluding hydrogens is 289 g/mol. The predicted molar refractivity (Wildman–Crippen MR) is 72.1 cm³/mol. The van der Waals surface area contributed by atoms with Crippen molar-refractivity contribution in [2.45, 2.75) is 19.1 Å². The summed E-state index contributed by atoms with van der Waals surface area (Å²) in [4.78, 5) is 4.09. The fraction of sp³-hybridized carbons (Fsp3) is 0.308. The number of alkyl halides is 3. The number of nitrogens with one attached hydrogen (secondary N) is 1. The van der Waals surface area contributed by atoms with Gasteiger partial charge in [0.15, 0.2) is 0 Å². The average molecular weight is 302 g/mol. The van der Waals surface area contributed by atoms with Crippen LogP contribution in [0, 0.1) is 0 Å². The van der Waals surface area contributed by atoms with Crippen LogP contribution in [0.2, 0.25) is 0 Å². The lowest BCUT2D eigenvalue weighted by atomic mass is 10.1. The molecule has 2 aromatic rings. The predicted octanol–water partition coefficient (Wildman–Crippen LogP) is 4.34. The molecule has 7 heteroatoms. The first kappa shape index (κ1) is 14.6. The summed E-state index contributed by atoms with van der Waals surface area (Å²) >= 11 is 1.39. The molecule has 0 fully saturated rings. The Morgan fingerprint density at radius 3 is 2.65 bits per heavy atom. The largest absolute Gasteiger partial charge is 0.497 e. The molecule has 1 atom stereocenters. The van der Waals surface area contributed by atoms with Gasteiger partial charge >= 0.3 is 6.18 Å². The second-order valence-corrected chi connectivity index (χ2v) is 5.07. The molecule has 108 valence electrons. The normalized spacial score (nSPS) is 13.1.